The summed E-state index contributed by atoms with van der Waals surface area (Å²) in [5.41, 5.74) is 1.00. The van der Waals surface area contributed by atoms with Gasteiger partial charge in [0.25, 0.3) is 0 Å². The van der Waals surface area contributed by atoms with Crippen molar-refractivity contribution in [2.45, 2.75) is 47.1 Å². The highest BCUT2D eigenvalue weighted by Gasteiger charge is 2.11. The number of aromatic nitrogens is 2. The minimum absolute atomic E-state index is 0.292. The normalized spacial score (nSPS) is 11.8. The summed E-state index contributed by atoms with van der Waals surface area (Å²) in [5.74, 6) is 1.22. The molecule has 1 aromatic heterocycles. The molecule has 0 aliphatic heterocycles. The van der Waals surface area contributed by atoms with Crippen LogP contribution in [0.4, 0.5) is 5.82 Å². The van der Waals surface area contributed by atoms with Crippen LogP contribution < -0.4 is 5.32 Å². The number of benzene rings is 1. The second-order valence-corrected chi connectivity index (χ2v) is 6.96. The quantitative estimate of drug-likeness (QED) is 0.524. The van der Waals surface area contributed by atoms with E-state index in [2.05, 4.69) is 42.8 Å². The van der Waals surface area contributed by atoms with Gasteiger partial charge in [-0.1, -0.05) is 27.7 Å². The van der Waals surface area contributed by atoms with Gasteiger partial charge in [0.1, 0.15) is 5.75 Å². The van der Waals surface area contributed by atoms with Gasteiger partial charge in [-0.3, -0.25) is 4.68 Å². The number of nitrogens with one attached hydrogen (secondary N) is 1. The number of fused-ring (bicyclic) bond motifs is 1. The van der Waals surface area contributed by atoms with Gasteiger partial charge in [-0.15, -0.1) is 0 Å². The molecule has 0 radical (unpaired) electrons. The summed E-state index contributed by atoms with van der Waals surface area (Å²) in [6.07, 6.45) is 2.14. The van der Waals surface area contributed by atoms with E-state index in [0.717, 1.165) is 81.9 Å². The predicted molar refractivity (Wildman–Crippen MR) is 115 cm³/mol. The molecule has 2 N–H and O–H groups in total. The largest absolute Gasteiger partial charge is 0.508 e. The van der Waals surface area contributed by atoms with Crippen molar-refractivity contribution in [3.63, 3.8) is 0 Å². The minimum Gasteiger partial charge on any atom is -0.508 e. The molecule has 6 heteroatoms. The monoisotopic (exact) mass is 375 g/mol. The topological polar surface area (TPSA) is 56.6 Å². The van der Waals surface area contributed by atoms with E-state index in [1.807, 2.05) is 16.8 Å². The van der Waals surface area contributed by atoms with Crippen molar-refractivity contribution in [3.05, 3.63) is 18.2 Å². The van der Waals surface area contributed by atoms with Crippen molar-refractivity contribution in [1.29, 1.82) is 0 Å². The maximum Gasteiger partial charge on any atom is 0.155 e. The van der Waals surface area contributed by atoms with Crippen LogP contribution in [0.2, 0.25) is 0 Å². The van der Waals surface area contributed by atoms with Crippen LogP contribution in [-0.4, -0.2) is 70.5 Å². The zero-order valence-electron chi connectivity index (χ0n) is 17.5. The first-order chi connectivity index (χ1) is 13.1. The standard InChI is InChI=1S/C21H37N5O/c1-5-24(6-2)14-9-13-22-21-19-12-11-18(27)17-20(19)26(23-21)16-10-15-25(7-3)8-4/h11-12,17,27H,5-10,13-16H2,1-4H3,(H,22,23). The molecule has 0 amide bonds. The Morgan fingerprint density at radius 3 is 2.22 bits per heavy atom. The van der Waals surface area contributed by atoms with E-state index < -0.39 is 0 Å². The van der Waals surface area contributed by atoms with E-state index >= 15 is 0 Å². The van der Waals surface area contributed by atoms with Crippen molar-refractivity contribution < 1.29 is 5.11 Å². The number of aryl methyl sites for hydroxylation is 1. The Balaban J connectivity index is 2.01. The third-order valence-electron chi connectivity index (χ3n) is 5.31. The summed E-state index contributed by atoms with van der Waals surface area (Å²) in [4.78, 5) is 4.86. The SMILES string of the molecule is CCN(CC)CCCNc1nn(CCCN(CC)CC)c2cc(O)ccc12. The molecule has 6 nitrogen and oxygen atoms in total. The van der Waals surface area contributed by atoms with Gasteiger partial charge < -0.3 is 20.2 Å². The highest BCUT2D eigenvalue weighted by atomic mass is 16.3. The van der Waals surface area contributed by atoms with Gasteiger partial charge in [0.15, 0.2) is 5.82 Å². The van der Waals surface area contributed by atoms with Gasteiger partial charge >= 0.3 is 0 Å². The molecule has 0 spiro atoms. The Labute approximate surface area is 164 Å². The number of phenolic OH excluding ortho intramolecular Hbond substituents is 1. The average Bonchev–Trinajstić information content (AvgIpc) is 3.02. The minimum atomic E-state index is 0.292. The highest BCUT2D eigenvalue weighted by molar-refractivity contribution is 5.91. The molecule has 2 rings (SSSR count). The van der Waals surface area contributed by atoms with E-state index in [4.69, 9.17) is 5.10 Å². The van der Waals surface area contributed by atoms with Crippen LogP contribution in [0.1, 0.15) is 40.5 Å². The molecule has 0 aliphatic rings. The van der Waals surface area contributed by atoms with Gasteiger partial charge in [-0.25, -0.2) is 0 Å². The summed E-state index contributed by atoms with van der Waals surface area (Å²) >= 11 is 0. The predicted octanol–water partition coefficient (Wildman–Crippen LogP) is 3.62. The van der Waals surface area contributed by atoms with Crippen molar-refractivity contribution in [1.82, 2.24) is 19.6 Å². The fourth-order valence-electron chi connectivity index (χ4n) is 3.50. The smallest absolute Gasteiger partial charge is 0.155 e. The molecule has 2 aromatic rings. The lowest BCUT2D eigenvalue weighted by Crippen LogP contribution is -2.25. The molecule has 0 aliphatic carbocycles. The first kappa shape index (κ1) is 21.5. The second-order valence-electron chi connectivity index (χ2n) is 6.96. The molecule has 0 saturated carbocycles. The number of rotatable bonds is 13. The van der Waals surface area contributed by atoms with Crippen LogP contribution in [0.25, 0.3) is 10.9 Å². The van der Waals surface area contributed by atoms with Gasteiger partial charge in [-0.2, -0.15) is 5.10 Å². The Hall–Kier alpha value is -1.79. The lowest BCUT2D eigenvalue weighted by Gasteiger charge is -2.17. The van der Waals surface area contributed by atoms with Crippen LogP contribution in [0.15, 0.2) is 18.2 Å². The first-order valence-electron chi connectivity index (χ1n) is 10.5. The molecule has 0 bridgehead atoms. The summed E-state index contributed by atoms with van der Waals surface area (Å²) in [5, 5.41) is 19.3. The summed E-state index contributed by atoms with van der Waals surface area (Å²) in [7, 11) is 0. The summed E-state index contributed by atoms with van der Waals surface area (Å²) in [6.45, 7) is 17.1. The van der Waals surface area contributed by atoms with Crippen LogP contribution in [-0.2, 0) is 6.54 Å². The van der Waals surface area contributed by atoms with Gasteiger partial charge in [0, 0.05) is 24.5 Å². The van der Waals surface area contributed by atoms with E-state index in [1.54, 1.807) is 6.07 Å². The van der Waals surface area contributed by atoms with Crippen LogP contribution >= 0.6 is 0 Å². The number of hydrogen-bond acceptors (Lipinski definition) is 5. The van der Waals surface area contributed by atoms with Crippen molar-refractivity contribution in [2.24, 2.45) is 0 Å². The second kappa shape index (κ2) is 11.1. The number of anilines is 1. The molecule has 1 heterocycles. The molecule has 1 aromatic carbocycles. The Kier molecular flexibility index (Phi) is 8.88. The third-order valence-corrected chi connectivity index (χ3v) is 5.31. The third kappa shape index (κ3) is 6.11. The number of hydrogen-bond donors (Lipinski definition) is 2. The van der Waals surface area contributed by atoms with Crippen LogP contribution in [0, 0.1) is 0 Å². The maximum absolute atomic E-state index is 9.91. The van der Waals surface area contributed by atoms with E-state index in [-0.39, 0.29) is 0 Å². The summed E-state index contributed by atoms with van der Waals surface area (Å²) < 4.78 is 2.03. The van der Waals surface area contributed by atoms with E-state index in [0.29, 0.717) is 5.75 Å². The zero-order chi connectivity index (χ0) is 19.6. The molecule has 0 saturated heterocycles. The Morgan fingerprint density at radius 2 is 1.59 bits per heavy atom. The molecule has 0 atom stereocenters. The summed E-state index contributed by atoms with van der Waals surface area (Å²) in [6, 6.07) is 5.53. The molecular weight excluding hydrogens is 338 g/mol. The van der Waals surface area contributed by atoms with Gasteiger partial charge in [0.2, 0.25) is 0 Å². The molecule has 0 fully saturated rings. The van der Waals surface area contributed by atoms with Crippen molar-refractivity contribution in [3.8, 4) is 5.75 Å². The average molecular weight is 376 g/mol. The lowest BCUT2D eigenvalue weighted by atomic mass is 10.2. The zero-order valence-corrected chi connectivity index (χ0v) is 17.5. The van der Waals surface area contributed by atoms with E-state index in [9.17, 15) is 5.11 Å². The van der Waals surface area contributed by atoms with Gasteiger partial charge in [0.05, 0.1) is 5.52 Å². The molecule has 0 unspecified atom stereocenters. The highest BCUT2D eigenvalue weighted by Crippen LogP contribution is 2.26. The number of nitrogens with zero attached hydrogens (tertiary/aromatic N) is 4. The lowest BCUT2D eigenvalue weighted by molar-refractivity contribution is 0.292. The fourth-order valence-corrected chi connectivity index (χ4v) is 3.50. The fraction of sp³-hybridized carbons (Fsp3) is 0.667. The van der Waals surface area contributed by atoms with Crippen LogP contribution in [0.5, 0.6) is 5.75 Å². The van der Waals surface area contributed by atoms with Gasteiger partial charge in [-0.05, 0) is 64.2 Å². The molecular formula is C21H37N5O. The number of phenols is 1. The Morgan fingerprint density at radius 1 is 0.963 bits per heavy atom. The maximum atomic E-state index is 9.91. The first-order valence-corrected chi connectivity index (χ1v) is 10.5. The molecule has 152 valence electrons. The van der Waals surface area contributed by atoms with Crippen molar-refractivity contribution in [2.75, 3.05) is 51.1 Å². The van der Waals surface area contributed by atoms with E-state index in [1.165, 1.54) is 0 Å². The molecule has 27 heavy (non-hydrogen) atoms. The number of aromatic hydroxyl groups is 1. The Bertz CT molecular complexity index is 677. The van der Waals surface area contributed by atoms with Crippen LogP contribution in [0.3, 0.4) is 0 Å². The van der Waals surface area contributed by atoms with Crippen molar-refractivity contribution >= 4 is 16.7 Å².